The van der Waals surface area contributed by atoms with Crippen LogP contribution in [0.4, 0.5) is 17.6 Å². The molecule has 1 rings (SSSR count). The van der Waals surface area contributed by atoms with Crippen molar-refractivity contribution in [3.05, 3.63) is 35.1 Å². The van der Waals surface area contributed by atoms with Crippen LogP contribution >= 0.6 is 0 Å². The first-order valence-electron chi connectivity index (χ1n) is 5.42. The zero-order valence-corrected chi connectivity index (χ0v) is 9.60. The molecule has 0 aromatic heterocycles. The lowest BCUT2D eigenvalue weighted by molar-refractivity contribution is -0.138. The van der Waals surface area contributed by atoms with Gasteiger partial charge in [-0.2, -0.15) is 13.2 Å². The maximum atomic E-state index is 13.0. The molecular formula is C13H13F4N. The van der Waals surface area contributed by atoms with E-state index in [4.69, 9.17) is 12.2 Å². The molecule has 0 radical (unpaired) electrons. The summed E-state index contributed by atoms with van der Waals surface area (Å²) in [5, 5.41) is 0. The number of unbranched alkanes of at least 4 members (excludes halogenated alkanes) is 1. The molecule has 0 fully saturated rings. The van der Waals surface area contributed by atoms with Crippen LogP contribution in [0.2, 0.25) is 0 Å². The van der Waals surface area contributed by atoms with Crippen molar-refractivity contribution in [2.45, 2.75) is 31.5 Å². The Morgan fingerprint density at radius 1 is 1.33 bits per heavy atom. The molecule has 0 spiro atoms. The third-order valence-corrected chi connectivity index (χ3v) is 2.55. The molecule has 2 N–H and O–H groups in total. The Balaban J connectivity index is 2.99. The van der Waals surface area contributed by atoms with E-state index < -0.39 is 23.6 Å². The second kappa shape index (κ2) is 5.87. The van der Waals surface area contributed by atoms with Crippen LogP contribution in [-0.2, 0) is 6.18 Å². The number of hydrogen-bond acceptors (Lipinski definition) is 1. The van der Waals surface area contributed by atoms with Gasteiger partial charge >= 0.3 is 6.18 Å². The highest BCUT2D eigenvalue weighted by atomic mass is 19.4. The Kier molecular flexibility index (Phi) is 4.74. The summed E-state index contributed by atoms with van der Waals surface area (Å²) in [5.41, 5.74) is 4.55. The van der Waals surface area contributed by atoms with Crippen molar-refractivity contribution in [1.82, 2.24) is 0 Å². The predicted octanol–water partition coefficient (Wildman–Crippen LogP) is 3.65. The number of halogens is 4. The number of alkyl halides is 3. The molecule has 1 nitrogen and oxygen atoms in total. The van der Waals surface area contributed by atoms with E-state index in [-0.39, 0.29) is 12.0 Å². The van der Waals surface area contributed by atoms with Gasteiger partial charge in [0.1, 0.15) is 5.82 Å². The minimum atomic E-state index is -4.53. The van der Waals surface area contributed by atoms with Crippen LogP contribution in [0, 0.1) is 18.2 Å². The third-order valence-electron chi connectivity index (χ3n) is 2.55. The average Bonchev–Trinajstić information content (AvgIpc) is 2.27. The Labute approximate surface area is 103 Å². The van der Waals surface area contributed by atoms with Gasteiger partial charge in [0.05, 0.1) is 5.56 Å². The van der Waals surface area contributed by atoms with Crippen molar-refractivity contribution in [2.24, 2.45) is 5.73 Å². The van der Waals surface area contributed by atoms with E-state index >= 15 is 0 Å². The van der Waals surface area contributed by atoms with Crippen LogP contribution in [0.25, 0.3) is 0 Å². The molecular weight excluding hydrogens is 246 g/mol. The van der Waals surface area contributed by atoms with Crippen LogP contribution in [0.3, 0.4) is 0 Å². The maximum absolute atomic E-state index is 13.0. The Morgan fingerprint density at radius 3 is 2.56 bits per heavy atom. The van der Waals surface area contributed by atoms with E-state index in [2.05, 4.69) is 5.92 Å². The normalized spacial score (nSPS) is 13.1. The first kappa shape index (κ1) is 14.5. The fourth-order valence-corrected chi connectivity index (χ4v) is 1.68. The van der Waals surface area contributed by atoms with Crippen molar-refractivity contribution in [3.63, 3.8) is 0 Å². The van der Waals surface area contributed by atoms with Crippen LogP contribution in [0.1, 0.15) is 36.4 Å². The first-order valence-corrected chi connectivity index (χ1v) is 5.42. The third kappa shape index (κ3) is 3.74. The van der Waals surface area contributed by atoms with Gasteiger partial charge in [0.2, 0.25) is 0 Å². The number of terminal acetylenes is 1. The smallest absolute Gasteiger partial charge is 0.324 e. The molecule has 1 unspecified atom stereocenters. The summed E-state index contributed by atoms with van der Waals surface area (Å²) in [6.45, 7) is 0. The van der Waals surface area contributed by atoms with Crippen molar-refractivity contribution >= 4 is 0 Å². The van der Waals surface area contributed by atoms with E-state index in [1.54, 1.807) is 0 Å². The molecule has 0 saturated carbocycles. The highest BCUT2D eigenvalue weighted by molar-refractivity contribution is 5.32. The molecule has 0 aliphatic heterocycles. The molecule has 0 saturated heterocycles. The highest BCUT2D eigenvalue weighted by Gasteiger charge is 2.34. The summed E-state index contributed by atoms with van der Waals surface area (Å²) in [5.74, 6) is 1.65. The summed E-state index contributed by atoms with van der Waals surface area (Å²) in [6.07, 6.45) is 1.74. The monoisotopic (exact) mass is 259 g/mol. The number of hydrogen-bond donors (Lipinski definition) is 1. The highest BCUT2D eigenvalue weighted by Crippen LogP contribution is 2.35. The fraction of sp³-hybridized carbons (Fsp3) is 0.385. The summed E-state index contributed by atoms with van der Waals surface area (Å²) in [7, 11) is 0. The lowest BCUT2D eigenvalue weighted by Gasteiger charge is -2.18. The molecule has 18 heavy (non-hydrogen) atoms. The quantitative estimate of drug-likeness (QED) is 0.498. The molecule has 0 bridgehead atoms. The van der Waals surface area contributed by atoms with Gasteiger partial charge in [-0.15, -0.1) is 12.3 Å². The number of benzene rings is 1. The van der Waals surface area contributed by atoms with Crippen LogP contribution < -0.4 is 5.73 Å². The van der Waals surface area contributed by atoms with E-state index in [1.807, 2.05) is 0 Å². The second-order valence-electron chi connectivity index (χ2n) is 3.93. The van der Waals surface area contributed by atoms with Gasteiger partial charge < -0.3 is 5.73 Å². The lowest BCUT2D eigenvalue weighted by Crippen LogP contribution is -2.17. The Hall–Kier alpha value is -1.54. The van der Waals surface area contributed by atoms with Gasteiger partial charge in [0.15, 0.2) is 0 Å². The zero-order valence-electron chi connectivity index (χ0n) is 9.60. The average molecular weight is 259 g/mol. The minimum Gasteiger partial charge on any atom is -0.324 e. The second-order valence-corrected chi connectivity index (χ2v) is 3.93. The summed E-state index contributed by atoms with van der Waals surface area (Å²) in [6, 6.07) is 1.46. The van der Waals surface area contributed by atoms with E-state index in [0.29, 0.717) is 18.9 Å². The van der Waals surface area contributed by atoms with Gasteiger partial charge in [-0.1, -0.05) is 0 Å². The van der Waals surface area contributed by atoms with Crippen molar-refractivity contribution in [2.75, 3.05) is 0 Å². The zero-order chi connectivity index (χ0) is 13.8. The van der Waals surface area contributed by atoms with Gasteiger partial charge in [-0.3, -0.25) is 0 Å². The van der Waals surface area contributed by atoms with E-state index in [0.717, 1.165) is 12.1 Å². The van der Waals surface area contributed by atoms with E-state index in [1.165, 1.54) is 0 Å². The lowest BCUT2D eigenvalue weighted by atomic mass is 9.96. The number of nitrogens with two attached hydrogens (primary N) is 1. The Morgan fingerprint density at radius 2 is 2.00 bits per heavy atom. The van der Waals surface area contributed by atoms with Crippen molar-refractivity contribution in [1.29, 1.82) is 0 Å². The summed E-state index contributed by atoms with van der Waals surface area (Å²) < 4.78 is 51.2. The molecule has 0 aliphatic carbocycles. The van der Waals surface area contributed by atoms with E-state index in [9.17, 15) is 17.6 Å². The first-order chi connectivity index (χ1) is 8.36. The van der Waals surface area contributed by atoms with Crippen LogP contribution in [-0.4, -0.2) is 0 Å². The molecule has 1 atom stereocenters. The molecule has 0 heterocycles. The minimum absolute atomic E-state index is 0.223. The van der Waals surface area contributed by atoms with Gasteiger partial charge in [-0.25, -0.2) is 4.39 Å². The maximum Gasteiger partial charge on any atom is 0.416 e. The Bertz CT molecular complexity index is 445. The molecule has 5 heteroatoms. The van der Waals surface area contributed by atoms with Gasteiger partial charge in [0.25, 0.3) is 0 Å². The molecule has 1 aromatic carbocycles. The summed E-state index contributed by atoms with van der Waals surface area (Å²) >= 11 is 0. The van der Waals surface area contributed by atoms with Crippen LogP contribution in [0.15, 0.2) is 18.2 Å². The molecule has 1 aromatic rings. The fourth-order valence-electron chi connectivity index (χ4n) is 1.68. The number of rotatable bonds is 4. The topological polar surface area (TPSA) is 26.0 Å². The predicted molar refractivity (Wildman–Crippen MR) is 61.0 cm³/mol. The molecule has 98 valence electrons. The van der Waals surface area contributed by atoms with Gasteiger partial charge in [-0.05, 0) is 36.6 Å². The molecule has 0 aliphatic rings. The van der Waals surface area contributed by atoms with Crippen LogP contribution in [0.5, 0.6) is 0 Å². The summed E-state index contributed by atoms with van der Waals surface area (Å²) in [4.78, 5) is 0. The van der Waals surface area contributed by atoms with Gasteiger partial charge in [0, 0.05) is 12.5 Å². The SMILES string of the molecule is C#CCCCC(N)c1cc(F)ccc1C(F)(F)F. The van der Waals surface area contributed by atoms with Crippen molar-refractivity contribution in [3.8, 4) is 12.3 Å². The largest absolute Gasteiger partial charge is 0.416 e. The van der Waals surface area contributed by atoms with Crippen molar-refractivity contribution < 1.29 is 17.6 Å². The standard InChI is InChI=1S/C13H13F4N/c1-2-3-4-5-12(18)10-8-9(14)6-7-11(10)13(15,16)17/h1,6-8,12H,3-5,18H2. The molecule has 0 amide bonds.